The van der Waals surface area contributed by atoms with Gasteiger partial charge in [-0.2, -0.15) is 0 Å². The maximum Gasteiger partial charge on any atom is 0.227 e. The van der Waals surface area contributed by atoms with Crippen LogP contribution in [0.1, 0.15) is 48.9 Å². The molecule has 9 heteroatoms. The Kier molecular flexibility index (Phi) is 12.8. The van der Waals surface area contributed by atoms with Crippen molar-refractivity contribution in [3.63, 3.8) is 0 Å². The normalized spacial score (nSPS) is 12.5. The fourth-order valence-corrected chi connectivity index (χ4v) is 4.73. The van der Waals surface area contributed by atoms with Crippen LogP contribution in [0.15, 0.2) is 67.0 Å². The molecule has 2 atom stereocenters. The number of aromatic nitrogens is 1. The van der Waals surface area contributed by atoms with E-state index in [1.54, 1.807) is 18.5 Å². The molecule has 0 bridgehead atoms. The lowest BCUT2D eigenvalue weighted by atomic mass is 10.00. The van der Waals surface area contributed by atoms with Crippen molar-refractivity contribution in [1.82, 2.24) is 20.5 Å². The van der Waals surface area contributed by atoms with Crippen molar-refractivity contribution >= 4 is 11.8 Å². The minimum absolute atomic E-state index is 0.0191. The van der Waals surface area contributed by atoms with Crippen LogP contribution in [0.5, 0.6) is 0 Å². The highest BCUT2D eigenvalue weighted by Crippen LogP contribution is 2.13. The molecule has 1 aromatic heterocycles. The van der Waals surface area contributed by atoms with Crippen LogP contribution >= 0.6 is 0 Å². The van der Waals surface area contributed by atoms with Crippen LogP contribution in [0, 0.1) is 11.6 Å². The van der Waals surface area contributed by atoms with Gasteiger partial charge >= 0.3 is 0 Å². The second-order valence-electron chi connectivity index (χ2n) is 10.3. The summed E-state index contributed by atoms with van der Waals surface area (Å²) in [5.41, 5.74) is 2.69. The molecule has 0 radical (unpaired) electrons. The van der Waals surface area contributed by atoms with E-state index in [9.17, 15) is 23.5 Å². The van der Waals surface area contributed by atoms with E-state index in [1.165, 1.54) is 12.1 Å². The summed E-state index contributed by atoms with van der Waals surface area (Å²) < 4.78 is 27.7. The number of aliphatic hydroxyl groups is 1. The van der Waals surface area contributed by atoms with Gasteiger partial charge in [0.2, 0.25) is 11.8 Å². The van der Waals surface area contributed by atoms with Crippen molar-refractivity contribution in [2.75, 3.05) is 19.6 Å². The summed E-state index contributed by atoms with van der Waals surface area (Å²) >= 11 is 0. The molecule has 2 amide bonds. The molecule has 0 fully saturated rings. The number of carbonyl (C=O) groups is 2. The number of aliphatic hydroxyl groups excluding tert-OH is 1. The van der Waals surface area contributed by atoms with E-state index >= 15 is 0 Å². The number of nitrogens with zero attached hydrogens (tertiary/aromatic N) is 2. The summed E-state index contributed by atoms with van der Waals surface area (Å²) in [5.74, 6) is -1.81. The van der Waals surface area contributed by atoms with Crippen molar-refractivity contribution in [2.24, 2.45) is 0 Å². The van der Waals surface area contributed by atoms with Gasteiger partial charge in [-0.05, 0) is 53.6 Å². The molecule has 41 heavy (non-hydrogen) atoms. The van der Waals surface area contributed by atoms with Crippen molar-refractivity contribution in [3.05, 3.63) is 101 Å². The molecule has 3 aromatic rings. The van der Waals surface area contributed by atoms with Crippen molar-refractivity contribution in [3.8, 4) is 0 Å². The zero-order chi connectivity index (χ0) is 29.6. The fourth-order valence-electron chi connectivity index (χ4n) is 4.73. The maximum absolute atomic E-state index is 13.8. The SMILES string of the molecule is CCCN(CCC)C(=O)Cc1cncc(CC(=O)N[C@@H](Cc2cc(F)cc(F)c2)[C@H](O)CNCc2ccccc2)c1. The highest BCUT2D eigenvalue weighted by Gasteiger charge is 2.23. The Hall–Kier alpha value is -3.69. The Morgan fingerprint density at radius 3 is 2.15 bits per heavy atom. The summed E-state index contributed by atoms with van der Waals surface area (Å²) in [6.07, 6.45) is 4.12. The molecule has 0 aliphatic rings. The first-order valence-corrected chi connectivity index (χ1v) is 14.1. The minimum Gasteiger partial charge on any atom is -0.390 e. The second-order valence-corrected chi connectivity index (χ2v) is 10.3. The van der Waals surface area contributed by atoms with Gasteiger partial charge in [0, 0.05) is 44.6 Å². The van der Waals surface area contributed by atoms with Crippen LogP contribution in [0.3, 0.4) is 0 Å². The highest BCUT2D eigenvalue weighted by atomic mass is 19.1. The Labute approximate surface area is 241 Å². The van der Waals surface area contributed by atoms with Gasteiger partial charge in [-0.25, -0.2) is 8.78 Å². The number of nitrogens with one attached hydrogen (secondary N) is 2. The lowest BCUT2D eigenvalue weighted by Crippen LogP contribution is -2.49. The van der Waals surface area contributed by atoms with Gasteiger partial charge < -0.3 is 20.6 Å². The van der Waals surface area contributed by atoms with Crippen LogP contribution in [0.4, 0.5) is 8.78 Å². The number of carbonyl (C=O) groups excluding carboxylic acids is 2. The summed E-state index contributed by atoms with van der Waals surface area (Å²) in [5, 5.41) is 17.0. The molecule has 2 aromatic carbocycles. The van der Waals surface area contributed by atoms with Crippen molar-refractivity contribution < 1.29 is 23.5 Å². The largest absolute Gasteiger partial charge is 0.390 e. The third-order valence-electron chi connectivity index (χ3n) is 6.63. The zero-order valence-electron chi connectivity index (χ0n) is 23.8. The average Bonchev–Trinajstić information content (AvgIpc) is 2.92. The predicted molar refractivity (Wildman–Crippen MR) is 155 cm³/mol. The molecule has 0 saturated carbocycles. The van der Waals surface area contributed by atoms with Crippen molar-refractivity contribution in [2.45, 2.75) is 64.6 Å². The van der Waals surface area contributed by atoms with E-state index < -0.39 is 23.8 Å². The third kappa shape index (κ3) is 11.0. The number of hydrogen-bond donors (Lipinski definition) is 3. The first-order valence-electron chi connectivity index (χ1n) is 14.1. The van der Waals surface area contributed by atoms with E-state index in [0.29, 0.717) is 30.8 Å². The Morgan fingerprint density at radius 1 is 0.878 bits per heavy atom. The lowest BCUT2D eigenvalue weighted by Gasteiger charge is -2.25. The Bertz CT molecular complexity index is 1230. The van der Waals surface area contributed by atoms with Gasteiger partial charge in [0.15, 0.2) is 0 Å². The Balaban J connectivity index is 1.66. The van der Waals surface area contributed by atoms with Gasteiger partial charge in [0.1, 0.15) is 11.6 Å². The fraction of sp³-hybridized carbons (Fsp3) is 0.406. The molecular formula is C32H40F2N4O3. The van der Waals surface area contributed by atoms with E-state index in [-0.39, 0.29) is 37.6 Å². The Morgan fingerprint density at radius 2 is 1.51 bits per heavy atom. The molecule has 0 spiro atoms. The summed E-state index contributed by atoms with van der Waals surface area (Å²) in [7, 11) is 0. The average molecular weight is 567 g/mol. The molecule has 0 saturated heterocycles. The topological polar surface area (TPSA) is 94.6 Å². The quantitative estimate of drug-likeness (QED) is 0.244. The molecule has 0 aliphatic carbocycles. The first kappa shape index (κ1) is 31.8. The predicted octanol–water partition coefficient (Wildman–Crippen LogP) is 3.97. The third-order valence-corrected chi connectivity index (χ3v) is 6.63. The molecule has 1 heterocycles. The first-order chi connectivity index (χ1) is 19.8. The zero-order valence-corrected chi connectivity index (χ0v) is 23.8. The van der Waals surface area contributed by atoms with Gasteiger partial charge in [0.25, 0.3) is 0 Å². The highest BCUT2D eigenvalue weighted by molar-refractivity contribution is 5.80. The smallest absolute Gasteiger partial charge is 0.227 e. The number of rotatable bonds is 16. The number of amides is 2. The summed E-state index contributed by atoms with van der Waals surface area (Å²) in [6, 6.07) is 13.8. The molecule has 7 nitrogen and oxygen atoms in total. The summed E-state index contributed by atoms with van der Waals surface area (Å²) in [6.45, 7) is 6.12. The second kappa shape index (κ2) is 16.5. The van der Waals surface area contributed by atoms with E-state index in [0.717, 1.165) is 30.0 Å². The van der Waals surface area contributed by atoms with E-state index in [1.807, 2.05) is 49.1 Å². The van der Waals surface area contributed by atoms with Gasteiger partial charge in [-0.3, -0.25) is 14.6 Å². The molecule has 0 unspecified atom stereocenters. The van der Waals surface area contributed by atoms with Gasteiger partial charge in [-0.15, -0.1) is 0 Å². The van der Waals surface area contributed by atoms with Crippen LogP contribution in [0.25, 0.3) is 0 Å². The molecule has 3 N–H and O–H groups in total. The molecule has 3 rings (SSSR count). The van der Waals surface area contributed by atoms with Crippen LogP contribution < -0.4 is 10.6 Å². The molecule has 0 aliphatic heterocycles. The lowest BCUT2D eigenvalue weighted by molar-refractivity contribution is -0.130. The van der Waals surface area contributed by atoms with Gasteiger partial charge in [-0.1, -0.05) is 50.2 Å². The summed E-state index contributed by atoms with van der Waals surface area (Å²) in [4.78, 5) is 31.9. The maximum atomic E-state index is 13.8. The van der Waals surface area contributed by atoms with E-state index in [4.69, 9.17) is 0 Å². The van der Waals surface area contributed by atoms with E-state index in [2.05, 4.69) is 15.6 Å². The monoisotopic (exact) mass is 566 g/mol. The standard InChI is InChI=1S/C32H40F2N4O3/c1-3-10-38(11-4-2)32(41)17-26-12-25(20-35-21-26)16-31(40)37-29(15-24-13-27(33)18-28(34)14-24)30(39)22-36-19-23-8-6-5-7-9-23/h5-9,12-14,18,20-21,29-30,36,39H,3-4,10-11,15-17,19,22H2,1-2H3,(H,37,40)/t29-,30+/m0/s1. The minimum atomic E-state index is -1.03. The number of hydrogen-bond acceptors (Lipinski definition) is 5. The van der Waals surface area contributed by atoms with Crippen LogP contribution in [-0.2, 0) is 35.4 Å². The number of halogens is 2. The van der Waals surface area contributed by atoms with Crippen molar-refractivity contribution in [1.29, 1.82) is 0 Å². The van der Waals surface area contributed by atoms with Crippen LogP contribution in [0.2, 0.25) is 0 Å². The van der Waals surface area contributed by atoms with Gasteiger partial charge in [0.05, 0.1) is 25.0 Å². The molecule has 220 valence electrons. The molecular weight excluding hydrogens is 526 g/mol. The number of pyridine rings is 1. The van der Waals surface area contributed by atoms with Crippen LogP contribution in [-0.4, -0.2) is 58.6 Å². The number of benzene rings is 2.